The molecule has 0 bridgehead atoms. The zero-order valence-electron chi connectivity index (χ0n) is 13.8. The fourth-order valence-corrected chi connectivity index (χ4v) is 4.32. The molecule has 0 spiro atoms. The molecule has 0 fully saturated rings. The molecule has 130 valence electrons. The van der Waals surface area contributed by atoms with Gasteiger partial charge in [-0.3, -0.25) is 4.79 Å². The van der Waals surface area contributed by atoms with E-state index in [0.29, 0.717) is 5.03 Å². The van der Waals surface area contributed by atoms with E-state index in [0.717, 1.165) is 32.8 Å². The molecule has 1 atom stereocenters. The average molecular weight is 379 g/mol. The number of nitrogens with one attached hydrogen (secondary N) is 1. The third-order valence-electron chi connectivity index (χ3n) is 3.78. The zero-order chi connectivity index (χ0) is 18.1. The number of hydrogen-bond donors (Lipinski definition) is 1. The number of aromatic nitrogens is 2. The topological polar surface area (TPSA) is 54.9 Å². The van der Waals surface area contributed by atoms with Gasteiger partial charge in [-0.25, -0.2) is 18.7 Å². The van der Waals surface area contributed by atoms with Crippen LogP contribution in [0.15, 0.2) is 29.6 Å². The molecule has 1 aromatic carbocycles. The molecule has 3 aromatic rings. The number of hydrogen-bond acceptors (Lipinski definition) is 5. The minimum Gasteiger partial charge on any atom is -0.323 e. The molecule has 2 aromatic heterocycles. The van der Waals surface area contributed by atoms with Crippen molar-refractivity contribution in [3.8, 4) is 0 Å². The quantitative estimate of drug-likeness (QED) is 0.527. The molecule has 8 heteroatoms. The number of aryl methyl sites for hydroxylation is 2. The molecule has 3 rings (SSSR count). The maximum atomic E-state index is 13.7. The Morgan fingerprint density at radius 1 is 1.28 bits per heavy atom. The van der Waals surface area contributed by atoms with E-state index in [2.05, 4.69) is 15.3 Å². The second-order valence-corrected chi connectivity index (χ2v) is 8.05. The van der Waals surface area contributed by atoms with Crippen molar-refractivity contribution in [1.29, 1.82) is 0 Å². The van der Waals surface area contributed by atoms with Crippen LogP contribution in [0.5, 0.6) is 0 Å². The van der Waals surface area contributed by atoms with E-state index in [1.165, 1.54) is 24.2 Å². The summed E-state index contributed by atoms with van der Waals surface area (Å²) in [6.45, 7) is 5.73. The van der Waals surface area contributed by atoms with Crippen molar-refractivity contribution >= 4 is 44.9 Å². The predicted molar refractivity (Wildman–Crippen MR) is 97.2 cm³/mol. The van der Waals surface area contributed by atoms with E-state index in [1.807, 2.05) is 13.8 Å². The van der Waals surface area contributed by atoms with Crippen LogP contribution in [0.4, 0.5) is 14.5 Å². The molecular weight excluding hydrogens is 364 g/mol. The van der Waals surface area contributed by atoms with E-state index < -0.39 is 16.9 Å². The van der Waals surface area contributed by atoms with E-state index in [-0.39, 0.29) is 11.6 Å². The van der Waals surface area contributed by atoms with Gasteiger partial charge in [0.25, 0.3) is 0 Å². The second kappa shape index (κ2) is 7.05. The van der Waals surface area contributed by atoms with Gasteiger partial charge in [-0.1, -0.05) is 11.8 Å². The maximum Gasteiger partial charge on any atom is 0.237 e. The molecule has 0 aliphatic carbocycles. The fourth-order valence-electron chi connectivity index (χ4n) is 2.29. The average Bonchev–Trinajstić information content (AvgIpc) is 2.85. The lowest BCUT2D eigenvalue weighted by Crippen LogP contribution is -2.23. The molecule has 25 heavy (non-hydrogen) atoms. The molecule has 1 amide bonds. The molecular formula is C17H15F2N3OS2. The van der Waals surface area contributed by atoms with Crippen molar-refractivity contribution in [2.24, 2.45) is 0 Å². The molecule has 0 saturated heterocycles. The summed E-state index contributed by atoms with van der Waals surface area (Å²) >= 11 is 2.87. The van der Waals surface area contributed by atoms with Gasteiger partial charge in [0.05, 0.1) is 10.9 Å². The van der Waals surface area contributed by atoms with Gasteiger partial charge in [0.15, 0.2) is 0 Å². The van der Waals surface area contributed by atoms with Gasteiger partial charge in [-0.15, -0.1) is 11.3 Å². The third kappa shape index (κ3) is 3.64. The molecule has 2 heterocycles. The van der Waals surface area contributed by atoms with Gasteiger partial charge in [0, 0.05) is 16.3 Å². The zero-order valence-corrected chi connectivity index (χ0v) is 15.4. The first-order chi connectivity index (χ1) is 11.9. The van der Waals surface area contributed by atoms with Gasteiger partial charge < -0.3 is 5.32 Å². The summed E-state index contributed by atoms with van der Waals surface area (Å²) in [6.07, 6.45) is 1.48. The van der Waals surface area contributed by atoms with E-state index >= 15 is 0 Å². The SMILES string of the molecule is Cc1sc2ncnc(SC(C)C(=O)Nc3ccc(F)cc3F)c2c1C. The molecule has 0 aliphatic rings. The van der Waals surface area contributed by atoms with E-state index in [9.17, 15) is 13.6 Å². The van der Waals surface area contributed by atoms with Crippen LogP contribution in [0, 0.1) is 25.5 Å². The van der Waals surface area contributed by atoms with Crippen LogP contribution in [-0.4, -0.2) is 21.1 Å². The molecule has 4 nitrogen and oxygen atoms in total. The van der Waals surface area contributed by atoms with Crippen LogP contribution >= 0.6 is 23.1 Å². The number of benzene rings is 1. The number of nitrogens with zero attached hydrogens (tertiary/aromatic N) is 2. The Balaban J connectivity index is 1.80. The van der Waals surface area contributed by atoms with Crippen molar-refractivity contribution in [3.63, 3.8) is 0 Å². The Morgan fingerprint density at radius 2 is 2.04 bits per heavy atom. The Morgan fingerprint density at radius 3 is 2.76 bits per heavy atom. The summed E-state index contributed by atoms with van der Waals surface area (Å²) in [7, 11) is 0. The monoisotopic (exact) mass is 379 g/mol. The molecule has 0 saturated carbocycles. The standard InChI is InChI=1S/C17H15F2N3OS2/c1-8-9(2)24-16-14(8)17(21-7-20-16)25-10(3)15(23)22-13-5-4-11(18)6-12(13)19/h4-7,10H,1-3H3,(H,22,23). The highest BCUT2D eigenvalue weighted by molar-refractivity contribution is 8.00. The first kappa shape index (κ1) is 17.8. The second-order valence-electron chi connectivity index (χ2n) is 5.52. The Hall–Kier alpha value is -2.06. The summed E-state index contributed by atoms with van der Waals surface area (Å²) < 4.78 is 26.6. The van der Waals surface area contributed by atoms with Crippen LogP contribution in [0.1, 0.15) is 17.4 Å². The number of carbonyl (C=O) groups is 1. The number of halogens is 2. The lowest BCUT2D eigenvalue weighted by Gasteiger charge is -2.12. The Labute approximate surface area is 151 Å². The van der Waals surface area contributed by atoms with Crippen molar-refractivity contribution in [3.05, 3.63) is 46.6 Å². The van der Waals surface area contributed by atoms with Crippen molar-refractivity contribution in [2.45, 2.75) is 31.0 Å². The Kier molecular flexibility index (Phi) is 5.01. The smallest absolute Gasteiger partial charge is 0.237 e. The minimum absolute atomic E-state index is 0.0470. The van der Waals surface area contributed by atoms with Crippen LogP contribution in [0.2, 0.25) is 0 Å². The predicted octanol–water partition coefficient (Wildman–Crippen LogP) is 4.71. The number of rotatable bonds is 4. The molecule has 1 N–H and O–H groups in total. The van der Waals surface area contributed by atoms with Gasteiger partial charge in [0.2, 0.25) is 5.91 Å². The van der Waals surface area contributed by atoms with Crippen LogP contribution in [0.3, 0.4) is 0 Å². The highest BCUT2D eigenvalue weighted by Crippen LogP contribution is 2.36. The maximum absolute atomic E-state index is 13.7. The third-order valence-corrected chi connectivity index (χ3v) is 5.99. The number of thioether (sulfide) groups is 1. The number of fused-ring (bicyclic) bond motifs is 1. The lowest BCUT2D eigenvalue weighted by atomic mass is 10.2. The van der Waals surface area contributed by atoms with Crippen molar-refractivity contribution in [1.82, 2.24) is 9.97 Å². The van der Waals surface area contributed by atoms with Gasteiger partial charge in [-0.2, -0.15) is 0 Å². The highest BCUT2D eigenvalue weighted by Gasteiger charge is 2.20. The highest BCUT2D eigenvalue weighted by atomic mass is 32.2. The minimum atomic E-state index is -0.806. The van der Waals surface area contributed by atoms with Gasteiger partial charge >= 0.3 is 0 Å². The van der Waals surface area contributed by atoms with Crippen molar-refractivity contribution in [2.75, 3.05) is 5.32 Å². The van der Waals surface area contributed by atoms with Gasteiger partial charge in [-0.05, 0) is 38.5 Å². The number of amides is 1. The van der Waals surface area contributed by atoms with E-state index in [1.54, 1.807) is 18.3 Å². The first-order valence-corrected chi connectivity index (χ1v) is 9.19. The number of carbonyl (C=O) groups excluding carboxylic acids is 1. The van der Waals surface area contributed by atoms with Crippen LogP contribution < -0.4 is 5.32 Å². The largest absolute Gasteiger partial charge is 0.323 e. The van der Waals surface area contributed by atoms with Crippen molar-refractivity contribution < 1.29 is 13.6 Å². The summed E-state index contributed by atoms with van der Waals surface area (Å²) in [5.74, 6) is -1.88. The van der Waals surface area contributed by atoms with Crippen LogP contribution in [-0.2, 0) is 4.79 Å². The summed E-state index contributed by atoms with van der Waals surface area (Å²) in [5.41, 5.74) is 1.05. The van der Waals surface area contributed by atoms with E-state index in [4.69, 9.17) is 0 Å². The molecule has 1 unspecified atom stereocenters. The summed E-state index contributed by atoms with van der Waals surface area (Å²) in [5, 5.41) is 3.63. The summed E-state index contributed by atoms with van der Waals surface area (Å²) in [4.78, 5) is 22.9. The van der Waals surface area contributed by atoms with Crippen LogP contribution in [0.25, 0.3) is 10.2 Å². The number of anilines is 1. The Bertz CT molecular complexity index is 958. The molecule has 0 radical (unpaired) electrons. The lowest BCUT2D eigenvalue weighted by molar-refractivity contribution is -0.115. The first-order valence-electron chi connectivity index (χ1n) is 7.50. The van der Waals surface area contributed by atoms with Gasteiger partial charge in [0.1, 0.15) is 27.8 Å². The fraction of sp³-hybridized carbons (Fsp3) is 0.235. The summed E-state index contributed by atoms with van der Waals surface area (Å²) in [6, 6.07) is 3.04. The normalized spacial score (nSPS) is 12.4. The number of thiophene rings is 1. The molecule has 0 aliphatic heterocycles.